The highest BCUT2D eigenvalue weighted by atomic mass is 19.3. The third-order valence-corrected chi connectivity index (χ3v) is 2.62. The van der Waals surface area contributed by atoms with Crippen LogP contribution >= 0.6 is 0 Å². The van der Waals surface area contributed by atoms with Crippen molar-refractivity contribution in [3.05, 3.63) is 0 Å². The summed E-state index contributed by atoms with van der Waals surface area (Å²) < 4.78 is 23.9. The van der Waals surface area contributed by atoms with Crippen LogP contribution in [0.4, 0.5) is 8.78 Å². The summed E-state index contributed by atoms with van der Waals surface area (Å²) in [5.74, 6) is -0.812. The van der Waals surface area contributed by atoms with Crippen molar-refractivity contribution in [2.45, 2.75) is 39.5 Å². The molecule has 0 atom stereocenters. The van der Waals surface area contributed by atoms with E-state index in [2.05, 4.69) is 0 Å². The van der Waals surface area contributed by atoms with Crippen LogP contribution in [0.15, 0.2) is 0 Å². The molecular formula is C11H21F2NO2. The number of carboxylic acid groups (broad SMARTS) is 1. The van der Waals surface area contributed by atoms with Crippen LogP contribution in [-0.2, 0) is 4.79 Å². The van der Waals surface area contributed by atoms with E-state index in [4.69, 9.17) is 5.11 Å². The molecule has 0 radical (unpaired) electrons. The lowest BCUT2D eigenvalue weighted by Crippen LogP contribution is -2.27. The molecule has 0 aliphatic carbocycles. The van der Waals surface area contributed by atoms with E-state index in [1.54, 1.807) is 25.8 Å². The van der Waals surface area contributed by atoms with Crippen molar-refractivity contribution in [2.24, 2.45) is 5.41 Å². The van der Waals surface area contributed by atoms with Gasteiger partial charge in [0.1, 0.15) is 0 Å². The zero-order valence-corrected chi connectivity index (χ0v) is 10.2. The lowest BCUT2D eigenvalue weighted by atomic mass is 9.87. The van der Waals surface area contributed by atoms with Crippen molar-refractivity contribution in [2.75, 3.05) is 20.1 Å². The largest absolute Gasteiger partial charge is 0.481 e. The van der Waals surface area contributed by atoms with Crippen LogP contribution in [0, 0.1) is 5.41 Å². The second-order valence-corrected chi connectivity index (χ2v) is 4.80. The van der Waals surface area contributed by atoms with Crippen molar-refractivity contribution < 1.29 is 18.7 Å². The lowest BCUT2D eigenvalue weighted by molar-refractivity contribution is -0.147. The van der Waals surface area contributed by atoms with Crippen LogP contribution in [0.25, 0.3) is 0 Å². The SMILES string of the molecule is CN(CCCCC(C)(C)C(=O)O)CC(F)F. The van der Waals surface area contributed by atoms with E-state index in [0.717, 1.165) is 12.8 Å². The number of hydrogen-bond acceptors (Lipinski definition) is 2. The minimum atomic E-state index is -2.31. The van der Waals surface area contributed by atoms with Gasteiger partial charge in [-0.2, -0.15) is 0 Å². The first-order valence-corrected chi connectivity index (χ1v) is 5.46. The summed E-state index contributed by atoms with van der Waals surface area (Å²) >= 11 is 0. The second kappa shape index (κ2) is 6.78. The summed E-state index contributed by atoms with van der Waals surface area (Å²) in [4.78, 5) is 12.4. The monoisotopic (exact) mass is 237 g/mol. The van der Waals surface area contributed by atoms with Crippen molar-refractivity contribution in [1.82, 2.24) is 4.90 Å². The summed E-state index contributed by atoms with van der Waals surface area (Å²) in [6.07, 6.45) is -0.238. The highest BCUT2D eigenvalue weighted by Gasteiger charge is 2.26. The topological polar surface area (TPSA) is 40.5 Å². The van der Waals surface area contributed by atoms with Gasteiger partial charge in [0.05, 0.1) is 12.0 Å². The molecule has 0 amide bonds. The molecule has 0 fully saturated rings. The first-order valence-electron chi connectivity index (χ1n) is 5.46. The molecule has 0 spiro atoms. The summed E-state index contributed by atoms with van der Waals surface area (Å²) in [7, 11) is 1.65. The van der Waals surface area contributed by atoms with Gasteiger partial charge in [-0.1, -0.05) is 6.42 Å². The van der Waals surface area contributed by atoms with Gasteiger partial charge >= 0.3 is 5.97 Å². The molecule has 0 saturated carbocycles. The Labute approximate surface area is 95.4 Å². The molecule has 0 heterocycles. The fourth-order valence-electron chi connectivity index (χ4n) is 1.38. The molecule has 5 heteroatoms. The summed E-state index contributed by atoms with van der Waals surface area (Å²) in [5.41, 5.74) is -0.721. The minimum absolute atomic E-state index is 0.220. The lowest BCUT2D eigenvalue weighted by Gasteiger charge is -2.20. The van der Waals surface area contributed by atoms with Crippen LogP contribution in [-0.4, -0.2) is 42.5 Å². The number of aliphatic carboxylic acids is 1. The van der Waals surface area contributed by atoms with Crippen LogP contribution < -0.4 is 0 Å². The number of carbonyl (C=O) groups is 1. The van der Waals surface area contributed by atoms with Crippen LogP contribution in [0.5, 0.6) is 0 Å². The van der Waals surface area contributed by atoms with Gasteiger partial charge < -0.3 is 10.0 Å². The van der Waals surface area contributed by atoms with Gasteiger partial charge in [0.15, 0.2) is 0 Å². The molecule has 0 aromatic heterocycles. The summed E-state index contributed by atoms with van der Waals surface area (Å²) in [6, 6.07) is 0. The highest BCUT2D eigenvalue weighted by Crippen LogP contribution is 2.23. The van der Waals surface area contributed by atoms with Crippen LogP contribution in [0.1, 0.15) is 33.1 Å². The fraction of sp³-hybridized carbons (Fsp3) is 0.909. The van der Waals surface area contributed by atoms with Crippen LogP contribution in [0.2, 0.25) is 0 Å². The van der Waals surface area contributed by atoms with E-state index in [0.29, 0.717) is 13.0 Å². The quantitative estimate of drug-likeness (QED) is 0.659. The van der Waals surface area contributed by atoms with Gasteiger partial charge in [-0.15, -0.1) is 0 Å². The highest BCUT2D eigenvalue weighted by molar-refractivity contribution is 5.73. The molecule has 0 aliphatic heterocycles. The third kappa shape index (κ3) is 6.71. The Balaban J connectivity index is 3.64. The molecule has 0 rings (SSSR count). The van der Waals surface area contributed by atoms with Gasteiger partial charge in [-0.25, -0.2) is 8.78 Å². The van der Waals surface area contributed by atoms with Crippen molar-refractivity contribution in [3.63, 3.8) is 0 Å². The maximum Gasteiger partial charge on any atom is 0.309 e. The van der Waals surface area contributed by atoms with Gasteiger partial charge in [-0.3, -0.25) is 4.79 Å². The van der Waals surface area contributed by atoms with Crippen LogP contribution in [0.3, 0.4) is 0 Å². The Morgan fingerprint density at radius 3 is 2.38 bits per heavy atom. The summed E-state index contributed by atoms with van der Waals surface area (Å²) in [6.45, 7) is 3.72. The average molecular weight is 237 g/mol. The minimum Gasteiger partial charge on any atom is -0.481 e. The van der Waals surface area contributed by atoms with E-state index in [1.165, 1.54) is 0 Å². The van der Waals surface area contributed by atoms with E-state index in [-0.39, 0.29) is 6.54 Å². The zero-order chi connectivity index (χ0) is 12.8. The first kappa shape index (κ1) is 15.3. The van der Waals surface area contributed by atoms with E-state index >= 15 is 0 Å². The molecule has 16 heavy (non-hydrogen) atoms. The number of rotatable bonds is 8. The molecule has 1 N–H and O–H groups in total. The smallest absolute Gasteiger partial charge is 0.309 e. The second-order valence-electron chi connectivity index (χ2n) is 4.80. The molecule has 0 aromatic carbocycles. The predicted molar refractivity (Wildman–Crippen MR) is 58.8 cm³/mol. The van der Waals surface area contributed by atoms with Crippen molar-refractivity contribution in [3.8, 4) is 0 Å². The molecule has 0 saturated heterocycles. The number of halogens is 2. The van der Waals surface area contributed by atoms with E-state index < -0.39 is 17.8 Å². The normalized spacial score (nSPS) is 12.4. The van der Waals surface area contributed by atoms with Gasteiger partial charge in [0, 0.05) is 0 Å². The average Bonchev–Trinajstić information content (AvgIpc) is 2.11. The Bertz CT molecular complexity index is 220. The molecule has 0 aliphatic rings. The molecule has 96 valence electrons. The number of hydrogen-bond donors (Lipinski definition) is 1. The number of unbranched alkanes of at least 4 members (excludes halogenated alkanes) is 1. The summed E-state index contributed by atoms with van der Waals surface area (Å²) in [5, 5.41) is 8.86. The standard InChI is InChI=1S/C11H21F2NO2/c1-11(2,10(15)16)6-4-5-7-14(3)8-9(12)13/h9H,4-8H2,1-3H3,(H,15,16). The van der Waals surface area contributed by atoms with E-state index in [9.17, 15) is 13.6 Å². The molecule has 0 bridgehead atoms. The van der Waals surface area contributed by atoms with Crippen molar-refractivity contribution in [1.29, 1.82) is 0 Å². The van der Waals surface area contributed by atoms with Gasteiger partial charge in [-0.05, 0) is 40.3 Å². The number of carboxylic acids is 1. The Morgan fingerprint density at radius 1 is 1.38 bits per heavy atom. The van der Waals surface area contributed by atoms with Gasteiger partial charge in [0.2, 0.25) is 0 Å². The van der Waals surface area contributed by atoms with E-state index in [1.807, 2.05) is 0 Å². The Hall–Kier alpha value is -0.710. The molecular weight excluding hydrogens is 216 g/mol. The first-order chi connectivity index (χ1) is 7.25. The number of alkyl halides is 2. The molecule has 0 aromatic rings. The third-order valence-electron chi connectivity index (χ3n) is 2.62. The fourth-order valence-corrected chi connectivity index (χ4v) is 1.38. The molecule has 0 unspecified atom stereocenters. The molecule has 3 nitrogen and oxygen atoms in total. The Kier molecular flexibility index (Phi) is 6.48. The maximum atomic E-state index is 12.0. The van der Waals surface area contributed by atoms with Crippen molar-refractivity contribution >= 4 is 5.97 Å². The number of nitrogens with zero attached hydrogens (tertiary/aromatic N) is 1. The maximum absolute atomic E-state index is 12.0. The predicted octanol–water partition coefficient (Wildman–Crippen LogP) is 2.46. The van der Waals surface area contributed by atoms with Gasteiger partial charge in [0.25, 0.3) is 6.43 Å². The Morgan fingerprint density at radius 2 is 1.94 bits per heavy atom. The zero-order valence-electron chi connectivity index (χ0n) is 10.2.